The molecule has 2 heterocycles. The molecule has 1 aliphatic rings. The van der Waals surface area contributed by atoms with Gasteiger partial charge in [-0.1, -0.05) is 6.92 Å². The molecule has 0 radical (unpaired) electrons. The molecule has 0 fully saturated rings. The summed E-state index contributed by atoms with van der Waals surface area (Å²) in [6, 6.07) is 1.30. The van der Waals surface area contributed by atoms with Gasteiger partial charge in [-0.05, 0) is 24.1 Å². The predicted molar refractivity (Wildman–Crippen MR) is 91.6 cm³/mol. The first-order chi connectivity index (χ1) is 14.7. The SMILES string of the molecule is C[C@@]1(Cn2cc(C(F)(F)F)cc(OC(F)F)c2=N)CCC(F)(F)c2c1ccnc2C(F)F. The van der Waals surface area contributed by atoms with Crippen molar-refractivity contribution in [1.29, 1.82) is 5.41 Å². The van der Waals surface area contributed by atoms with Gasteiger partial charge in [-0.3, -0.25) is 10.4 Å². The fourth-order valence-corrected chi connectivity index (χ4v) is 3.85. The maximum absolute atomic E-state index is 14.5. The van der Waals surface area contributed by atoms with Crippen molar-refractivity contribution in [1.82, 2.24) is 9.55 Å². The first-order valence-electron chi connectivity index (χ1n) is 9.12. The summed E-state index contributed by atoms with van der Waals surface area (Å²) in [4.78, 5) is 3.34. The van der Waals surface area contributed by atoms with Crippen LogP contribution in [-0.2, 0) is 24.1 Å². The molecular weight excluding hydrogens is 457 g/mol. The Labute approximate surface area is 175 Å². The summed E-state index contributed by atoms with van der Waals surface area (Å²) in [7, 11) is 0. The minimum Gasteiger partial charge on any atom is -0.431 e. The number of hydrogen-bond donors (Lipinski definition) is 1. The third-order valence-corrected chi connectivity index (χ3v) is 5.36. The smallest absolute Gasteiger partial charge is 0.417 e. The Bertz CT molecular complexity index is 1060. The Morgan fingerprint density at radius 1 is 1.19 bits per heavy atom. The van der Waals surface area contributed by atoms with Crippen molar-refractivity contribution in [2.75, 3.05) is 0 Å². The van der Waals surface area contributed by atoms with Gasteiger partial charge in [-0.25, -0.2) is 17.6 Å². The third kappa shape index (κ3) is 4.42. The van der Waals surface area contributed by atoms with Gasteiger partial charge < -0.3 is 9.30 Å². The van der Waals surface area contributed by atoms with Gasteiger partial charge in [0.15, 0.2) is 11.2 Å². The van der Waals surface area contributed by atoms with Gasteiger partial charge in [0.1, 0.15) is 5.69 Å². The summed E-state index contributed by atoms with van der Waals surface area (Å²) >= 11 is 0. The molecule has 0 bridgehead atoms. The van der Waals surface area contributed by atoms with Crippen LogP contribution in [0.1, 0.15) is 48.6 Å². The van der Waals surface area contributed by atoms with Crippen LogP contribution in [0.3, 0.4) is 0 Å². The number of nitrogens with zero attached hydrogens (tertiary/aromatic N) is 2. The number of rotatable bonds is 5. The van der Waals surface area contributed by atoms with Gasteiger partial charge in [-0.15, -0.1) is 0 Å². The van der Waals surface area contributed by atoms with Crippen LogP contribution in [0.15, 0.2) is 24.5 Å². The van der Waals surface area contributed by atoms with Crippen LogP contribution in [0.25, 0.3) is 0 Å². The Morgan fingerprint density at radius 2 is 1.84 bits per heavy atom. The van der Waals surface area contributed by atoms with E-state index in [1.54, 1.807) is 0 Å². The van der Waals surface area contributed by atoms with Crippen LogP contribution in [0.2, 0.25) is 0 Å². The molecule has 3 rings (SSSR count). The second kappa shape index (κ2) is 8.00. The van der Waals surface area contributed by atoms with Crippen LogP contribution in [0.4, 0.5) is 39.5 Å². The van der Waals surface area contributed by atoms with Crippen LogP contribution >= 0.6 is 0 Å². The molecule has 0 aliphatic heterocycles. The maximum Gasteiger partial charge on any atom is 0.417 e. The van der Waals surface area contributed by atoms with Crippen LogP contribution in [0.5, 0.6) is 5.75 Å². The Morgan fingerprint density at radius 3 is 2.41 bits per heavy atom. The first-order valence-corrected chi connectivity index (χ1v) is 9.12. The number of pyridine rings is 2. The monoisotopic (exact) mass is 473 g/mol. The molecule has 1 atom stereocenters. The average Bonchev–Trinajstić information content (AvgIpc) is 2.67. The van der Waals surface area contributed by atoms with E-state index in [1.807, 2.05) is 0 Å². The van der Waals surface area contributed by atoms with E-state index in [-0.39, 0.29) is 18.1 Å². The van der Waals surface area contributed by atoms with Gasteiger partial charge in [0.25, 0.3) is 12.3 Å². The Kier molecular flexibility index (Phi) is 5.98. The summed E-state index contributed by atoms with van der Waals surface area (Å²) in [6.07, 6.45) is -8.18. The molecule has 0 spiro atoms. The molecule has 0 amide bonds. The zero-order valence-electron chi connectivity index (χ0n) is 16.3. The van der Waals surface area contributed by atoms with E-state index < -0.39 is 71.6 Å². The van der Waals surface area contributed by atoms with E-state index in [4.69, 9.17) is 5.41 Å². The molecule has 2 aromatic heterocycles. The van der Waals surface area contributed by atoms with Crippen molar-refractivity contribution in [2.24, 2.45) is 0 Å². The number of ether oxygens (including phenoxy) is 1. The normalized spacial score (nSPS) is 20.5. The first kappa shape index (κ1) is 23.9. The lowest BCUT2D eigenvalue weighted by Gasteiger charge is -2.40. The molecule has 0 aromatic carbocycles. The van der Waals surface area contributed by atoms with E-state index >= 15 is 0 Å². The number of aromatic nitrogens is 2. The lowest BCUT2D eigenvalue weighted by Crippen LogP contribution is -2.41. The summed E-state index contributed by atoms with van der Waals surface area (Å²) in [5.74, 6) is -4.72. The highest BCUT2D eigenvalue weighted by Gasteiger charge is 2.49. The number of halogens is 9. The summed E-state index contributed by atoms with van der Waals surface area (Å²) in [5, 5.41) is 7.98. The molecule has 176 valence electrons. The van der Waals surface area contributed by atoms with Crippen molar-refractivity contribution in [3.63, 3.8) is 0 Å². The number of hydrogen-bond acceptors (Lipinski definition) is 3. The van der Waals surface area contributed by atoms with Crippen molar-refractivity contribution >= 4 is 0 Å². The van der Waals surface area contributed by atoms with Crippen LogP contribution in [-0.4, -0.2) is 16.2 Å². The quantitative estimate of drug-likeness (QED) is 0.562. The molecule has 2 aromatic rings. The van der Waals surface area contributed by atoms with E-state index in [0.717, 1.165) is 12.3 Å². The zero-order chi connectivity index (χ0) is 24.1. The fraction of sp³-hybridized carbons (Fsp3) is 0.474. The standard InChI is InChI=1S/C19H16F9N3O/c1-17(3-4-18(24,25)12-10(17)2-5-30-13(12)14(20)21)8-31-7-9(19(26,27)28)6-11(15(31)29)32-16(22)23/h2,5-7,14,16,29H,3-4,8H2,1H3/t17-/m0/s1. The molecule has 1 aliphatic carbocycles. The second-order valence-corrected chi connectivity index (χ2v) is 7.63. The van der Waals surface area contributed by atoms with Crippen molar-refractivity contribution in [2.45, 2.75) is 56.9 Å². The maximum atomic E-state index is 14.5. The van der Waals surface area contributed by atoms with E-state index in [1.165, 1.54) is 6.92 Å². The Hall–Kier alpha value is -2.73. The third-order valence-electron chi connectivity index (χ3n) is 5.36. The average molecular weight is 473 g/mol. The lowest BCUT2D eigenvalue weighted by atomic mass is 9.69. The highest BCUT2D eigenvalue weighted by Crippen LogP contribution is 2.50. The summed E-state index contributed by atoms with van der Waals surface area (Å²) in [6.45, 7) is -2.72. The Balaban J connectivity index is 2.17. The van der Waals surface area contributed by atoms with Gasteiger partial charge in [-0.2, -0.15) is 22.0 Å². The number of alkyl halides is 9. The topological polar surface area (TPSA) is 50.9 Å². The van der Waals surface area contributed by atoms with Crippen LogP contribution < -0.4 is 10.2 Å². The zero-order valence-corrected chi connectivity index (χ0v) is 16.3. The van der Waals surface area contributed by atoms with Gasteiger partial charge in [0, 0.05) is 30.8 Å². The minimum atomic E-state index is -4.99. The van der Waals surface area contributed by atoms with Gasteiger partial charge in [0.2, 0.25) is 0 Å². The molecule has 0 saturated carbocycles. The molecule has 1 N–H and O–H groups in total. The highest BCUT2D eigenvalue weighted by molar-refractivity contribution is 5.42. The van der Waals surface area contributed by atoms with Crippen LogP contribution in [0, 0.1) is 5.41 Å². The lowest BCUT2D eigenvalue weighted by molar-refractivity contribution is -0.138. The fourth-order valence-electron chi connectivity index (χ4n) is 3.85. The highest BCUT2D eigenvalue weighted by atomic mass is 19.4. The molecule has 0 saturated heterocycles. The minimum absolute atomic E-state index is 0.231. The van der Waals surface area contributed by atoms with E-state index in [0.29, 0.717) is 10.8 Å². The van der Waals surface area contributed by atoms with E-state index in [2.05, 4.69) is 9.72 Å². The van der Waals surface area contributed by atoms with Gasteiger partial charge >= 0.3 is 12.8 Å². The van der Waals surface area contributed by atoms with Crippen molar-refractivity contribution in [3.05, 3.63) is 52.4 Å². The number of fused-ring (bicyclic) bond motifs is 1. The second-order valence-electron chi connectivity index (χ2n) is 7.63. The van der Waals surface area contributed by atoms with E-state index in [9.17, 15) is 39.5 Å². The molecule has 0 unspecified atom stereocenters. The molecule has 4 nitrogen and oxygen atoms in total. The predicted octanol–water partition coefficient (Wildman–Crippen LogP) is 5.76. The van der Waals surface area contributed by atoms with Gasteiger partial charge in [0.05, 0.1) is 11.1 Å². The largest absolute Gasteiger partial charge is 0.431 e. The molecule has 32 heavy (non-hydrogen) atoms. The number of nitrogens with one attached hydrogen (secondary N) is 1. The van der Waals surface area contributed by atoms with Crippen molar-refractivity contribution < 1.29 is 44.3 Å². The molecule has 13 heteroatoms. The molecular formula is C19H16F9N3O. The van der Waals surface area contributed by atoms with Crippen molar-refractivity contribution in [3.8, 4) is 5.75 Å². The summed E-state index contributed by atoms with van der Waals surface area (Å²) in [5.41, 5.74) is -6.11. The summed E-state index contributed by atoms with van der Waals surface area (Å²) < 4.78 is 126.